The minimum Gasteiger partial charge on any atom is -0.456 e. The van der Waals surface area contributed by atoms with Gasteiger partial charge in [0.1, 0.15) is 18.3 Å². The lowest BCUT2D eigenvalue weighted by atomic mass is 10.2. The summed E-state index contributed by atoms with van der Waals surface area (Å²) in [6.45, 7) is 1.89. The fourth-order valence-electron chi connectivity index (χ4n) is 3.32. The van der Waals surface area contributed by atoms with Crippen LogP contribution in [0.4, 0.5) is 20.6 Å². The summed E-state index contributed by atoms with van der Waals surface area (Å²) >= 11 is 0. The van der Waals surface area contributed by atoms with Crippen LogP contribution >= 0.6 is 0 Å². The van der Waals surface area contributed by atoms with Crippen LogP contribution in [0.25, 0.3) is 0 Å². The Morgan fingerprint density at radius 3 is 2.81 bits per heavy atom. The molecule has 2 aromatic rings. The van der Waals surface area contributed by atoms with Crippen LogP contribution < -0.4 is 9.80 Å². The highest BCUT2D eigenvalue weighted by atomic mass is 19.1. The van der Waals surface area contributed by atoms with Crippen molar-refractivity contribution in [1.29, 1.82) is 0 Å². The Morgan fingerprint density at radius 2 is 2.16 bits per heavy atom. The van der Waals surface area contributed by atoms with Crippen molar-refractivity contribution in [3.63, 3.8) is 0 Å². The molecule has 4 rings (SSSR count). The number of aromatic nitrogens is 3. The molecule has 12 nitrogen and oxygen atoms in total. The van der Waals surface area contributed by atoms with E-state index in [4.69, 9.17) is 4.74 Å². The van der Waals surface area contributed by atoms with Gasteiger partial charge in [-0.2, -0.15) is 5.10 Å². The number of carbonyl (C=O) groups is 3. The minimum atomic E-state index is -0.566. The molecule has 168 valence electrons. The van der Waals surface area contributed by atoms with E-state index in [9.17, 15) is 18.8 Å². The molecule has 3 heterocycles. The highest BCUT2D eigenvalue weighted by Gasteiger charge is 2.33. The summed E-state index contributed by atoms with van der Waals surface area (Å²) in [7, 11) is 0. The van der Waals surface area contributed by atoms with Crippen LogP contribution in [-0.2, 0) is 25.6 Å². The van der Waals surface area contributed by atoms with E-state index in [1.165, 1.54) is 36.5 Å². The van der Waals surface area contributed by atoms with E-state index < -0.39 is 36.5 Å². The Morgan fingerprint density at radius 1 is 1.31 bits per heavy atom. The third-order valence-corrected chi connectivity index (χ3v) is 4.86. The number of cyclic esters (lactones) is 1. The van der Waals surface area contributed by atoms with Gasteiger partial charge in [0.2, 0.25) is 0 Å². The van der Waals surface area contributed by atoms with Crippen molar-refractivity contribution < 1.29 is 28.2 Å². The monoisotopic (exact) mass is 445 g/mol. The smallest absolute Gasteiger partial charge is 0.414 e. The molecule has 1 aromatic carbocycles. The van der Waals surface area contributed by atoms with Gasteiger partial charge in [-0.15, -0.1) is 5.10 Å². The van der Waals surface area contributed by atoms with Crippen molar-refractivity contribution in [2.24, 2.45) is 5.10 Å². The van der Waals surface area contributed by atoms with Gasteiger partial charge in [0, 0.05) is 19.7 Å². The maximum atomic E-state index is 14.8. The first-order chi connectivity index (χ1) is 15.4. The quantitative estimate of drug-likeness (QED) is 0.593. The molecule has 2 aliphatic heterocycles. The second-order valence-corrected chi connectivity index (χ2v) is 7.10. The lowest BCUT2D eigenvalue weighted by Crippen LogP contribution is -2.42. The molecule has 2 aliphatic rings. The summed E-state index contributed by atoms with van der Waals surface area (Å²) < 4.78 is 26.4. The molecular weight excluding hydrogens is 425 g/mol. The Balaban J connectivity index is 1.39. The van der Waals surface area contributed by atoms with E-state index in [2.05, 4.69) is 20.2 Å². The summed E-state index contributed by atoms with van der Waals surface area (Å²) in [5, 5.41) is 12.7. The predicted molar refractivity (Wildman–Crippen MR) is 108 cm³/mol. The number of halogens is 1. The SMILES string of the molecule is CC(=O)OCC(=O)N1CCN(c2ccc(N3C[C@H](Cn4ccnn4)OC3=O)cc2F)C=N1. The molecule has 2 amide bonds. The van der Waals surface area contributed by atoms with Crippen molar-refractivity contribution in [2.45, 2.75) is 19.6 Å². The van der Waals surface area contributed by atoms with Gasteiger partial charge in [0.25, 0.3) is 5.91 Å². The molecule has 0 aliphatic carbocycles. The minimum absolute atomic E-state index is 0.195. The Bertz CT molecular complexity index is 1040. The topological polar surface area (TPSA) is 122 Å². The van der Waals surface area contributed by atoms with Crippen LogP contribution in [0.3, 0.4) is 0 Å². The number of nitrogens with zero attached hydrogens (tertiary/aromatic N) is 7. The van der Waals surface area contributed by atoms with Gasteiger partial charge in [-0.1, -0.05) is 5.21 Å². The Hall–Kier alpha value is -4.03. The maximum absolute atomic E-state index is 14.8. The normalized spacial score (nSPS) is 18.1. The number of carbonyl (C=O) groups excluding carboxylic acids is 3. The number of amides is 2. The molecule has 0 radical (unpaired) electrons. The fraction of sp³-hybridized carbons (Fsp3) is 0.368. The lowest BCUT2D eigenvalue weighted by molar-refractivity contribution is -0.150. The van der Waals surface area contributed by atoms with E-state index in [0.29, 0.717) is 12.2 Å². The molecule has 32 heavy (non-hydrogen) atoms. The molecular formula is C19H20FN7O5. The molecule has 1 saturated heterocycles. The van der Waals surface area contributed by atoms with E-state index in [-0.39, 0.29) is 25.3 Å². The number of benzene rings is 1. The first-order valence-corrected chi connectivity index (χ1v) is 9.77. The number of hydrazone groups is 1. The fourth-order valence-corrected chi connectivity index (χ4v) is 3.32. The number of rotatable bonds is 6. The molecule has 13 heteroatoms. The number of esters is 1. The van der Waals surface area contributed by atoms with E-state index in [1.807, 2.05) is 0 Å². The molecule has 0 bridgehead atoms. The van der Waals surface area contributed by atoms with Crippen LogP contribution in [0.5, 0.6) is 0 Å². The molecule has 1 atom stereocenters. The van der Waals surface area contributed by atoms with E-state index in [1.54, 1.807) is 21.8 Å². The number of hydrogen-bond donors (Lipinski definition) is 0. The zero-order chi connectivity index (χ0) is 22.7. The van der Waals surface area contributed by atoms with Crippen molar-refractivity contribution in [3.8, 4) is 0 Å². The van der Waals surface area contributed by atoms with Gasteiger partial charge in [-0.05, 0) is 18.2 Å². The standard InChI is InChI=1S/C19H20FN7O5/c1-13(28)31-11-18(29)27-7-6-24(12-22-27)17-3-2-14(8-16(17)20)26-10-15(32-19(26)30)9-25-5-4-21-23-25/h2-5,8,12,15H,6-7,9-11H2,1H3/t15-/m0/s1. The lowest BCUT2D eigenvalue weighted by Gasteiger charge is -2.29. The summed E-state index contributed by atoms with van der Waals surface area (Å²) in [4.78, 5) is 37.9. The van der Waals surface area contributed by atoms with Crippen LogP contribution in [0.2, 0.25) is 0 Å². The second kappa shape index (κ2) is 8.99. The van der Waals surface area contributed by atoms with Crippen LogP contribution in [-0.4, -0.2) is 76.7 Å². The molecule has 1 aromatic heterocycles. The van der Waals surface area contributed by atoms with Gasteiger partial charge < -0.3 is 14.4 Å². The molecule has 0 spiro atoms. The zero-order valence-electron chi connectivity index (χ0n) is 17.1. The van der Waals surface area contributed by atoms with Gasteiger partial charge in [-0.3, -0.25) is 14.5 Å². The van der Waals surface area contributed by atoms with Crippen molar-refractivity contribution in [2.75, 3.05) is 36.0 Å². The summed E-state index contributed by atoms with van der Waals surface area (Å²) in [5.74, 6) is -1.59. The van der Waals surface area contributed by atoms with Crippen molar-refractivity contribution >= 4 is 35.7 Å². The summed E-state index contributed by atoms with van der Waals surface area (Å²) in [5.41, 5.74) is 0.612. The van der Waals surface area contributed by atoms with Crippen molar-refractivity contribution in [3.05, 3.63) is 36.4 Å². The van der Waals surface area contributed by atoms with Crippen LogP contribution in [0.15, 0.2) is 35.7 Å². The molecule has 0 unspecified atom stereocenters. The summed E-state index contributed by atoms with van der Waals surface area (Å²) in [6.07, 6.45) is 3.52. The molecule has 0 saturated carbocycles. The predicted octanol–water partition coefficient (Wildman–Crippen LogP) is 0.598. The number of ether oxygens (including phenoxy) is 2. The number of hydrogen-bond acceptors (Lipinski definition) is 9. The highest BCUT2D eigenvalue weighted by Crippen LogP contribution is 2.28. The van der Waals surface area contributed by atoms with E-state index >= 15 is 0 Å². The summed E-state index contributed by atoms with van der Waals surface area (Å²) in [6, 6.07) is 4.40. The van der Waals surface area contributed by atoms with Gasteiger partial charge in [0.15, 0.2) is 6.61 Å². The maximum Gasteiger partial charge on any atom is 0.414 e. The largest absolute Gasteiger partial charge is 0.456 e. The third-order valence-electron chi connectivity index (χ3n) is 4.86. The Labute approximate surface area is 181 Å². The zero-order valence-corrected chi connectivity index (χ0v) is 17.1. The average Bonchev–Trinajstić information content (AvgIpc) is 3.41. The number of anilines is 2. The first-order valence-electron chi connectivity index (χ1n) is 9.77. The van der Waals surface area contributed by atoms with Crippen molar-refractivity contribution in [1.82, 2.24) is 20.0 Å². The van der Waals surface area contributed by atoms with Gasteiger partial charge >= 0.3 is 12.1 Å². The first kappa shape index (κ1) is 21.2. The van der Waals surface area contributed by atoms with E-state index in [0.717, 1.165) is 5.01 Å². The second-order valence-electron chi connectivity index (χ2n) is 7.10. The van der Waals surface area contributed by atoms with Gasteiger partial charge in [0.05, 0.1) is 37.2 Å². The van der Waals surface area contributed by atoms with Crippen LogP contribution in [0.1, 0.15) is 6.92 Å². The third kappa shape index (κ3) is 4.66. The molecule has 1 fully saturated rings. The molecule has 0 N–H and O–H groups in total. The highest BCUT2D eigenvalue weighted by molar-refractivity contribution is 5.91. The average molecular weight is 445 g/mol. The Kier molecular flexibility index (Phi) is 5.96. The van der Waals surface area contributed by atoms with Crippen LogP contribution in [0, 0.1) is 5.82 Å². The van der Waals surface area contributed by atoms with Gasteiger partial charge in [-0.25, -0.2) is 18.9 Å².